The molecule has 1 saturated carbocycles. The van der Waals surface area contributed by atoms with E-state index < -0.39 is 0 Å². The number of hydrogen-bond acceptors (Lipinski definition) is 2. The van der Waals surface area contributed by atoms with Gasteiger partial charge in [-0.2, -0.15) is 0 Å². The quantitative estimate of drug-likeness (QED) is 0.585. The van der Waals surface area contributed by atoms with Crippen molar-refractivity contribution < 1.29 is 10.2 Å². The Morgan fingerprint density at radius 3 is 1.93 bits per heavy atom. The molecule has 1 aliphatic rings. The van der Waals surface area contributed by atoms with E-state index in [0.29, 0.717) is 17.4 Å². The van der Waals surface area contributed by atoms with E-state index in [9.17, 15) is 10.2 Å². The molecular formula is C27H38O2. The molecule has 2 nitrogen and oxygen atoms in total. The van der Waals surface area contributed by atoms with Gasteiger partial charge in [0, 0.05) is 0 Å². The van der Waals surface area contributed by atoms with Crippen molar-refractivity contribution in [1.29, 1.82) is 0 Å². The topological polar surface area (TPSA) is 40.5 Å². The van der Waals surface area contributed by atoms with Crippen LogP contribution < -0.4 is 0 Å². The highest BCUT2D eigenvalue weighted by atomic mass is 16.3. The molecule has 3 rings (SSSR count). The van der Waals surface area contributed by atoms with Crippen molar-refractivity contribution in [2.45, 2.75) is 91.4 Å². The zero-order valence-electron chi connectivity index (χ0n) is 19.3. The Labute approximate surface area is 177 Å². The predicted octanol–water partition coefficient (Wildman–Crippen LogP) is 7.01. The van der Waals surface area contributed by atoms with Crippen LogP contribution in [0, 0.1) is 26.7 Å². The van der Waals surface area contributed by atoms with Crippen LogP contribution in [0.4, 0.5) is 0 Å². The molecule has 0 aliphatic heterocycles. The average molecular weight is 395 g/mol. The third-order valence-electron chi connectivity index (χ3n) is 7.80. The molecule has 2 heteroatoms. The van der Waals surface area contributed by atoms with Crippen LogP contribution in [-0.4, -0.2) is 10.2 Å². The van der Waals surface area contributed by atoms with Gasteiger partial charge in [-0.25, -0.2) is 0 Å². The molecule has 2 aromatic carbocycles. The van der Waals surface area contributed by atoms with E-state index in [1.165, 1.54) is 36.8 Å². The van der Waals surface area contributed by atoms with Crippen LogP contribution in [0.1, 0.15) is 86.8 Å². The van der Waals surface area contributed by atoms with Crippen LogP contribution in [-0.2, 0) is 17.3 Å². The lowest BCUT2D eigenvalue weighted by Crippen LogP contribution is -2.37. The zero-order chi connectivity index (χ0) is 21.6. The van der Waals surface area contributed by atoms with E-state index in [1.54, 1.807) is 0 Å². The predicted molar refractivity (Wildman–Crippen MR) is 122 cm³/mol. The van der Waals surface area contributed by atoms with Crippen LogP contribution in [0.5, 0.6) is 11.5 Å². The van der Waals surface area contributed by atoms with Crippen LogP contribution in [0.25, 0.3) is 0 Å². The molecule has 1 aliphatic carbocycles. The summed E-state index contributed by atoms with van der Waals surface area (Å²) in [6.45, 7) is 15.3. The van der Waals surface area contributed by atoms with E-state index in [4.69, 9.17) is 0 Å². The second-order valence-corrected chi connectivity index (χ2v) is 10.2. The molecule has 0 amide bonds. The summed E-state index contributed by atoms with van der Waals surface area (Å²) >= 11 is 0. The molecular weight excluding hydrogens is 356 g/mol. The van der Waals surface area contributed by atoms with Gasteiger partial charge in [0.1, 0.15) is 11.5 Å². The summed E-state index contributed by atoms with van der Waals surface area (Å²) < 4.78 is 0. The Kier molecular flexibility index (Phi) is 5.77. The Morgan fingerprint density at radius 2 is 1.41 bits per heavy atom. The van der Waals surface area contributed by atoms with Crippen LogP contribution >= 0.6 is 0 Å². The molecule has 0 bridgehead atoms. The van der Waals surface area contributed by atoms with E-state index >= 15 is 0 Å². The lowest BCUT2D eigenvalue weighted by molar-refractivity contribution is 0.178. The summed E-state index contributed by atoms with van der Waals surface area (Å²) in [7, 11) is 0. The average Bonchev–Trinajstić information content (AvgIpc) is 2.67. The van der Waals surface area contributed by atoms with Gasteiger partial charge in [0.25, 0.3) is 0 Å². The first-order valence-electron chi connectivity index (χ1n) is 11.1. The van der Waals surface area contributed by atoms with E-state index in [1.807, 2.05) is 20.8 Å². The maximum atomic E-state index is 10.3. The Balaban J connectivity index is 1.83. The smallest absolute Gasteiger partial charge is 0.121 e. The third kappa shape index (κ3) is 3.91. The molecule has 0 saturated heterocycles. The van der Waals surface area contributed by atoms with Crippen molar-refractivity contribution in [2.24, 2.45) is 5.92 Å². The summed E-state index contributed by atoms with van der Waals surface area (Å²) in [5, 5.41) is 20.5. The van der Waals surface area contributed by atoms with Gasteiger partial charge in [0.2, 0.25) is 0 Å². The van der Waals surface area contributed by atoms with Crippen molar-refractivity contribution in [2.75, 3.05) is 0 Å². The molecule has 0 unspecified atom stereocenters. The van der Waals surface area contributed by atoms with E-state index in [-0.39, 0.29) is 10.8 Å². The number of hydrogen-bond donors (Lipinski definition) is 2. The van der Waals surface area contributed by atoms with Gasteiger partial charge in [-0.1, -0.05) is 52.0 Å². The van der Waals surface area contributed by atoms with Crippen LogP contribution in [0.2, 0.25) is 0 Å². The summed E-state index contributed by atoms with van der Waals surface area (Å²) in [6, 6.07) is 8.78. The fourth-order valence-corrected chi connectivity index (χ4v) is 5.30. The zero-order valence-corrected chi connectivity index (χ0v) is 19.3. The van der Waals surface area contributed by atoms with Gasteiger partial charge in [-0.3, -0.25) is 0 Å². The number of aryl methyl sites for hydroxylation is 4. The molecule has 1 fully saturated rings. The number of phenols is 2. The van der Waals surface area contributed by atoms with Gasteiger partial charge in [-0.05, 0) is 103 Å². The van der Waals surface area contributed by atoms with Crippen LogP contribution in [0.3, 0.4) is 0 Å². The first-order valence-corrected chi connectivity index (χ1v) is 11.1. The Morgan fingerprint density at radius 1 is 0.897 bits per heavy atom. The molecule has 0 aromatic heterocycles. The van der Waals surface area contributed by atoms with Gasteiger partial charge in [0.05, 0.1) is 0 Å². The lowest BCUT2D eigenvalue weighted by atomic mass is 9.60. The third-order valence-corrected chi connectivity index (χ3v) is 7.80. The second kappa shape index (κ2) is 7.70. The lowest BCUT2D eigenvalue weighted by Gasteiger charge is -2.44. The van der Waals surface area contributed by atoms with Crippen molar-refractivity contribution in [3.8, 4) is 11.5 Å². The first kappa shape index (κ1) is 21.7. The summed E-state index contributed by atoms with van der Waals surface area (Å²) in [5.41, 5.74) is 7.00. The molecule has 0 heterocycles. The fourth-order valence-electron chi connectivity index (χ4n) is 5.30. The standard InChI is InChI=1S/C27H38O2/c1-8-20-16-23(15-19(4)25(20)29)27(7)11-9-21(10-12-27)26(5,6)22-13-17(2)24(28)18(3)14-22/h13-16,21,28-29H,8-12H2,1-7H3. The number of phenolic OH excluding ortho intramolecular Hbond substituents is 2. The fraction of sp³-hybridized carbons (Fsp3) is 0.556. The second-order valence-electron chi connectivity index (χ2n) is 10.2. The molecule has 2 aromatic rings. The number of benzene rings is 2. The van der Waals surface area contributed by atoms with Crippen molar-refractivity contribution in [1.82, 2.24) is 0 Å². The van der Waals surface area contributed by atoms with Crippen molar-refractivity contribution >= 4 is 0 Å². The molecule has 29 heavy (non-hydrogen) atoms. The summed E-state index contributed by atoms with van der Waals surface area (Å²) in [4.78, 5) is 0. The minimum absolute atomic E-state index is 0.0873. The number of aromatic hydroxyl groups is 2. The molecule has 0 radical (unpaired) electrons. The van der Waals surface area contributed by atoms with Gasteiger partial charge < -0.3 is 10.2 Å². The molecule has 158 valence electrons. The van der Waals surface area contributed by atoms with Crippen LogP contribution in [0.15, 0.2) is 24.3 Å². The normalized spacial score (nSPS) is 22.7. The van der Waals surface area contributed by atoms with Gasteiger partial charge in [-0.15, -0.1) is 0 Å². The maximum Gasteiger partial charge on any atom is 0.121 e. The Bertz CT molecular complexity index is 876. The maximum absolute atomic E-state index is 10.3. The monoisotopic (exact) mass is 394 g/mol. The minimum Gasteiger partial charge on any atom is -0.507 e. The molecule has 2 N–H and O–H groups in total. The number of rotatable bonds is 4. The van der Waals surface area contributed by atoms with E-state index in [2.05, 4.69) is 52.0 Å². The van der Waals surface area contributed by atoms with Gasteiger partial charge in [0.15, 0.2) is 0 Å². The van der Waals surface area contributed by atoms with Gasteiger partial charge >= 0.3 is 0 Å². The SMILES string of the molecule is CCc1cc(C2(C)CCC(C(C)(C)c3cc(C)c(O)c(C)c3)CC2)cc(C)c1O. The summed E-state index contributed by atoms with van der Waals surface area (Å²) in [5.74, 6) is 1.52. The highest BCUT2D eigenvalue weighted by molar-refractivity contribution is 5.46. The molecule has 0 spiro atoms. The highest BCUT2D eigenvalue weighted by Crippen LogP contribution is 2.49. The largest absolute Gasteiger partial charge is 0.507 e. The Hall–Kier alpha value is -1.96. The summed E-state index contributed by atoms with van der Waals surface area (Å²) in [6.07, 6.45) is 5.61. The minimum atomic E-state index is 0.0873. The first-order chi connectivity index (χ1) is 13.5. The highest BCUT2D eigenvalue weighted by Gasteiger charge is 2.40. The van der Waals surface area contributed by atoms with Crippen molar-refractivity contribution in [3.63, 3.8) is 0 Å². The van der Waals surface area contributed by atoms with E-state index in [0.717, 1.165) is 28.7 Å². The molecule has 0 atom stereocenters. The van der Waals surface area contributed by atoms with Crippen molar-refractivity contribution in [3.05, 3.63) is 57.6 Å².